The predicted molar refractivity (Wildman–Crippen MR) is 114 cm³/mol. The third-order valence-corrected chi connectivity index (χ3v) is 7.05. The van der Waals surface area contributed by atoms with E-state index in [1.54, 1.807) is 24.3 Å². The number of nitrogens with zero attached hydrogens (tertiary/aromatic N) is 1. The van der Waals surface area contributed by atoms with Crippen molar-refractivity contribution in [3.8, 4) is 0 Å². The Balaban J connectivity index is 1.60. The van der Waals surface area contributed by atoms with Crippen LogP contribution in [0.3, 0.4) is 0 Å². The summed E-state index contributed by atoms with van der Waals surface area (Å²) in [4.78, 5) is 13.7. The summed E-state index contributed by atoms with van der Waals surface area (Å²) in [5, 5.41) is 2.84. The van der Waals surface area contributed by atoms with Gasteiger partial charge in [0.2, 0.25) is 10.0 Å². The topological polar surface area (TPSA) is 70.9 Å². The van der Waals surface area contributed by atoms with Gasteiger partial charge in [0.15, 0.2) is 6.54 Å². The molecule has 0 aliphatic carbocycles. The molecule has 1 unspecified atom stereocenters. The highest BCUT2D eigenvalue weighted by molar-refractivity contribution is 7.89. The highest BCUT2D eigenvalue weighted by Crippen LogP contribution is 2.22. The number of benzene rings is 2. The maximum Gasteiger partial charge on any atom is 0.279 e. The maximum absolute atomic E-state index is 12.8. The molecule has 156 valence electrons. The summed E-state index contributed by atoms with van der Waals surface area (Å²) >= 11 is 0. The number of hydrogen-bond donors (Lipinski definition) is 2. The number of sulfonamides is 1. The predicted octanol–water partition coefficient (Wildman–Crippen LogP) is 1.82. The molecule has 1 aliphatic rings. The lowest BCUT2D eigenvalue weighted by Gasteiger charge is -2.26. The summed E-state index contributed by atoms with van der Waals surface area (Å²) in [6.07, 6.45) is 2.86. The molecule has 0 aromatic heterocycles. The van der Waals surface area contributed by atoms with Crippen molar-refractivity contribution in [1.82, 2.24) is 4.31 Å². The minimum atomic E-state index is -3.51. The molecular formula is C22H30N3O3S+. The lowest BCUT2D eigenvalue weighted by atomic mass is 10.1. The number of rotatable bonds is 7. The van der Waals surface area contributed by atoms with Crippen LogP contribution in [0.5, 0.6) is 0 Å². The summed E-state index contributed by atoms with van der Waals surface area (Å²) in [6, 6.07) is 14.8. The summed E-state index contributed by atoms with van der Waals surface area (Å²) in [5.74, 6) is -0.137. The lowest BCUT2D eigenvalue weighted by molar-refractivity contribution is -0.885. The van der Waals surface area contributed by atoms with Gasteiger partial charge in [0, 0.05) is 24.3 Å². The largest absolute Gasteiger partial charge is 0.326 e. The Morgan fingerprint density at radius 2 is 1.76 bits per heavy atom. The number of anilines is 1. The number of carbonyl (C=O) groups is 1. The average Bonchev–Trinajstić information content (AvgIpc) is 2.70. The molecule has 2 aromatic carbocycles. The Labute approximate surface area is 173 Å². The van der Waals surface area contributed by atoms with Gasteiger partial charge in [-0.05, 0) is 38.0 Å². The Kier molecular flexibility index (Phi) is 7.05. The van der Waals surface area contributed by atoms with E-state index in [0.29, 0.717) is 25.3 Å². The highest BCUT2D eigenvalue weighted by Gasteiger charge is 2.26. The highest BCUT2D eigenvalue weighted by atomic mass is 32.2. The molecule has 1 heterocycles. The van der Waals surface area contributed by atoms with Crippen LogP contribution in [0, 0.1) is 6.92 Å². The van der Waals surface area contributed by atoms with E-state index in [0.717, 1.165) is 30.7 Å². The molecule has 1 aliphatic heterocycles. The van der Waals surface area contributed by atoms with E-state index in [9.17, 15) is 13.2 Å². The van der Waals surface area contributed by atoms with Crippen LogP contribution in [0.4, 0.5) is 5.69 Å². The Bertz CT molecular complexity index is 936. The van der Waals surface area contributed by atoms with E-state index < -0.39 is 10.0 Å². The van der Waals surface area contributed by atoms with Gasteiger partial charge in [-0.15, -0.1) is 0 Å². The SMILES string of the molecule is Cc1ccc(C[NH+](C)CC(=O)Nc2cccc(S(=O)(=O)N3CCCCC3)c2)cc1. The van der Waals surface area contributed by atoms with Crippen molar-refractivity contribution < 1.29 is 18.1 Å². The number of amides is 1. The molecule has 0 radical (unpaired) electrons. The van der Waals surface area contributed by atoms with Gasteiger partial charge in [-0.3, -0.25) is 4.79 Å². The van der Waals surface area contributed by atoms with Crippen LogP contribution < -0.4 is 10.2 Å². The quantitative estimate of drug-likeness (QED) is 0.723. The molecular weight excluding hydrogens is 386 g/mol. The molecule has 1 atom stereocenters. The fourth-order valence-electron chi connectivity index (χ4n) is 3.58. The van der Waals surface area contributed by atoms with Crippen molar-refractivity contribution in [2.45, 2.75) is 37.6 Å². The van der Waals surface area contributed by atoms with Crippen LogP contribution in [0.1, 0.15) is 30.4 Å². The van der Waals surface area contributed by atoms with Crippen LogP contribution in [0.25, 0.3) is 0 Å². The first-order valence-corrected chi connectivity index (χ1v) is 11.6. The molecule has 2 aromatic rings. The molecule has 2 N–H and O–H groups in total. The molecule has 7 heteroatoms. The number of aryl methyl sites for hydroxylation is 1. The van der Waals surface area contributed by atoms with Gasteiger partial charge in [0.05, 0.1) is 11.9 Å². The van der Waals surface area contributed by atoms with E-state index in [2.05, 4.69) is 29.6 Å². The smallest absolute Gasteiger partial charge is 0.279 e. The number of quaternary nitrogens is 1. The van der Waals surface area contributed by atoms with Gasteiger partial charge in [0.25, 0.3) is 5.91 Å². The molecule has 6 nitrogen and oxygen atoms in total. The molecule has 3 rings (SSSR count). The van der Waals surface area contributed by atoms with Crippen LogP contribution in [0.2, 0.25) is 0 Å². The van der Waals surface area contributed by atoms with Crippen LogP contribution in [-0.4, -0.2) is 45.3 Å². The second kappa shape index (κ2) is 9.52. The second-order valence-corrected chi connectivity index (χ2v) is 9.77. The maximum atomic E-state index is 12.8. The Hall–Kier alpha value is -2.22. The van der Waals surface area contributed by atoms with Gasteiger partial charge < -0.3 is 10.2 Å². The summed E-state index contributed by atoms with van der Waals surface area (Å²) in [6.45, 7) is 4.22. The van der Waals surface area contributed by atoms with E-state index >= 15 is 0 Å². The number of likely N-dealkylation sites (N-methyl/N-ethyl adjacent to an activating group) is 1. The van der Waals surface area contributed by atoms with E-state index in [1.165, 1.54) is 15.4 Å². The number of nitrogens with one attached hydrogen (secondary N) is 2. The van der Waals surface area contributed by atoms with Crippen molar-refractivity contribution in [3.63, 3.8) is 0 Å². The standard InChI is InChI=1S/C22H29N3O3S/c1-18-9-11-19(12-10-18)16-24(2)17-22(26)23-20-7-6-8-21(15-20)29(27,28)25-13-4-3-5-14-25/h6-12,15H,3-5,13-14,16-17H2,1-2H3,(H,23,26)/p+1. The molecule has 29 heavy (non-hydrogen) atoms. The molecule has 1 fully saturated rings. The lowest BCUT2D eigenvalue weighted by Crippen LogP contribution is -3.08. The van der Waals surface area contributed by atoms with Gasteiger partial charge in [-0.2, -0.15) is 4.31 Å². The molecule has 1 amide bonds. The third-order valence-electron chi connectivity index (χ3n) is 5.16. The monoisotopic (exact) mass is 416 g/mol. The third kappa shape index (κ3) is 5.88. The molecule has 1 saturated heterocycles. The first-order chi connectivity index (χ1) is 13.8. The minimum absolute atomic E-state index is 0.137. The molecule has 0 spiro atoms. The van der Waals surface area contributed by atoms with Crippen molar-refractivity contribution in [3.05, 3.63) is 59.7 Å². The first-order valence-electron chi connectivity index (χ1n) is 10.1. The van der Waals surface area contributed by atoms with Crippen LogP contribution >= 0.6 is 0 Å². The zero-order valence-corrected chi connectivity index (χ0v) is 18.0. The van der Waals surface area contributed by atoms with Gasteiger partial charge in [-0.1, -0.05) is 42.3 Å². The summed E-state index contributed by atoms with van der Waals surface area (Å²) in [5.41, 5.74) is 2.90. The summed E-state index contributed by atoms with van der Waals surface area (Å²) < 4.78 is 27.2. The molecule has 0 saturated carbocycles. The average molecular weight is 417 g/mol. The normalized spacial score (nSPS) is 16.3. The fraction of sp³-hybridized carbons (Fsp3) is 0.409. The molecule has 0 bridgehead atoms. The van der Waals surface area contributed by atoms with E-state index in [-0.39, 0.29) is 10.8 Å². The number of piperidine rings is 1. The summed E-state index contributed by atoms with van der Waals surface area (Å²) in [7, 11) is -1.54. The van der Waals surface area contributed by atoms with Gasteiger partial charge in [0.1, 0.15) is 6.54 Å². The zero-order chi connectivity index (χ0) is 20.9. The Morgan fingerprint density at radius 1 is 1.07 bits per heavy atom. The number of hydrogen-bond acceptors (Lipinski definition) is 3. The van der Waals surface area contributed by atoms with Crippen molar-refractivity contribution in [2.75, 3.05) is 32.0 Å². The van der Waals surface area contributed by atoms with Gasteiger partial charge >= 0.3 is 0 Å². The van der Waals surface area contributed by atoms with E-state index in [1.807, 2.05) is 14.0 Å². The van der Waals surface area contributed by atoms with Crippen LogP contribution in [0.15, 0.2) is 53.4 Å². The zero-order valence-electron chi connectivity index (χ0n) is 17.1. The number of carbonyl (C=O) groups excluding carboxylic acids is 1. The van der Waals surface area contributed by atoms with Crippen molar-refractivity contribution >= 4 is 21.6 Å². The fourth-order valence-corrected chi connectivity index (χ4v) is 5.15. The van der Waals surface area contributed by atoms with Crippen LogP contribution in [-0.2, 0) is 21.4 Å². The van der Waals surface area contributed by atoms with Crippen molar-refractivity contribution in [2.24, 2.45) is 0 Å². The second-order valence-electron chi connectivity index (χ2n) is 7.84. The Morgan fingerprint density at radius 3 is 2.45 bits per heavy atom. The van der Waals surface area contributed by atoms with Crippen molar-refractivity contribution in [1.29, 1.82) is 0 Å². The van der Waals surface area contributed by atoms with E-state index in [4.69, 9.17) is 0 Å². The minimum Gasteiger partial charge on any atom is -0.326 e. The van der Waals surface area contributed by atoms with Gasteiger partial charge in [-0.25, -0.2) is 8.42 Å². The first kappa shape index (κ1) is 21.5.